The molecule has 0 unspecified atom stereocenters. The van der Waals surface area contributed by atoms with Crippen LogP contribution in [0.2, 0.25) is 0 Å². The Hall–Kier alpha value is -3.40. The quantitative estimate of drug-likeness (QED) is 0.552. The number of rotatable bonds is 4. The number of hydrogen-bond donors (Lipinski definition) is 1. The van der Waals surface area contributed by atoms with E-state index in [0.29, 0.717) is 23.3 Å². The Labute approximate surface area is 149 Å². The molecule has 1 aromatic heterocycles. The topological polar surface area (TPSA) is 42.2 Å². The first kappa shape index (κ1) is 16.1. The lowest BCUT2D eigenvalue weighted by Gasteiger charge is -2.08. The molecule has 1 N–H and O–H groups in total. The highest BCUT2D eigenvalue weighted by Crippen LogP contribution is 2.24. The Kier molecular flexibility index (Phi) is 4.23. The summed E-state index contributed by atoms with van der Waals surface area (Å²) in [4.78, 5) is 12.5. The molecule has 4 rings (SSSR count). The second kappa shape index (κ2) is 6.84. The summed E-state index contributed by atoms with van der Waals surface area (Å²) in [7, 11) is 0. The summed E-state index contributed by atoms with van der Waals surface area (Å²) in [5.74, 6) is 0.293. The number of fused-ring (bicyclic) bond motifs is 1. The molecule has 0 aliphatic heterocycles. The lowest BCUT2D eigenvalue weighted by Crippen LogP contribution is -2.03. The van der Waals surface area contributed by atoms with Crippen molar-refractivity contribution in [3.05, 3.63) is 100 Å². The van der Waals surface area contributed by atoms with Gasteiger partial charge in [-0.15, -0.1) is 0 Å². The van der Waals surface area contributed by atoms with E-state index >= 15 is 0 Å². The van der Waals surface area contributed by atoms with Gasteiger partial charge in [0.05, 0.1) is 5.39 Å². The molecule has 128 valence electrons. The molecule has 4 heteroatoms. The summed E-state index contributed by atoms with van der Waals surface area (Å²) in [5, 5.41) is 3.77. The molecular formula is C22H16FNO2. The van der Waals surface area contributed by atoms with E-state index in [0.717, 1.165) is 16.8 Å². The fourth-order valence-electron chi connectivity index (χ4n) is 2.82. The molecule has 3 aromatic carbocycles. The van der Waals surface area contributed by atoms with Crippen molar-refractivity contribution in [3.8, 4) is 11.3 Å². The van der Waals surface area contributed by atoms with Gasteiger partial charge in [0.15, 0.2) is 5.43 Å². The van der Waals surface area contributed by atoms with Gasteiger partial charge < -0.3 is 9.73 Å². The van der Waals surface area contributed by atoms with E-state index in [9.17, 15) is 9.18 Å². The van der Waals surface area contributed by atoms with Gasteiger partial charge in [0.2, 0.25) is 0 Å². The molecule has 0 saturated carbocycles. The van der Waals surface area contributed by atoms with Crippen LogP contribution in [0.3, 0.4) is 0 Å². The van der Waals surface area contributed by atoms with Gasteiger partial charge in [-0.25, -0.2) is 4.39 Å². The van der Waals surface area contributed by atoms with E-state index in [1.165, 1.54) is 18.2 Å². The highest BCUT2D eigenvalue weighted by atomic mass is 19.1. The summed E-state index contributed by atoms with van der Waals surface area (Å²) in [6, 6.07) is 22.8. The van der Waals surface area contributed by atoms with Crippen LogP contribution in [0.1, 0.15) is 5.56 Å². The molecule has 26 heavy (non-hydrogen) atoms. The number of anilines is 1. The molecule has 0 atom stereocenters. The highest BCUT2D eigenvalue weighted by Gasteiger charge is 2.07. The Morgan fingerprint density at radius 1 is 0.885 bits per heavy atom. The first-order valence-electron chi connectivity index (χ1n) is 8.31. The molecule has 0 spiro atoms. The zero-order chi connectivity index (χ0) is 17.9. The molecule has 0 aliphatic rings. The maximum atomic E-state index is 13.0. The van der Waals surface area contributed by atoms with Crippen LogP contribution in [0, 0.1) is 5.82 Å². The molecule has 0 radical (unpaired) electrons. The zero-order valence-corrected chi connectivity index (χ0v) is 13.9. The van der Waals surface area contributed by atoms with Crippen LogP contribution in [0.5, 0.6) is 0 Å². The second-order valence-electron chi connectivity index (χ2n) is 6.03. The van der Waals surface area contributed by atoms with Crippen LogP contribution < -0.4 is 10.7 Å². The van der Waals surface area contributed by atoms with Crippen molar-refractivity contribution >= 4 is 16.7 Å². The summed E-state index contributed by atoms with van der Waals surface area (Å²) in [6.07, 6.45) is 0. The third-order valence-corrected chi connectivity index (χ3v) is 4.20. The molecule has 0 aliphatic carbocycles. The van der Waals surface area contributed by atoms with Gasteiger partial charge in [-0.05, 0) is 35.9 Å². The van der Waals surface area contributed by atoms with Gasteiger partial charge in [-0.3, -0.25) is 4.79 Å². The van der Waals surface area contributed by atoms with Crippen molar-refractivity contribution in [3.63, 3.8) is 0 Å². The van der Waals surface area contributed by atoms with Crippen LogP contribution >= 0.6 is 0 Å². The van der Waals surface area contributed by atoms with Gasteiger partial charge in [-0.1, -0.05) is 42.5 Å². The molecule has 1 heterocycles. The molecule has 0 saturated heterocycles. The second-order valence-corrected chi connectivity index (χ2v) is 6.03. The summed E-state index contributed by atoms with van der Waals surface area (Å²) in [6.45, 7) is 0.541. The maximum absolute atomic E-state index is 13.0. The zero-order valence-electron chi connectivity index (χ0n) is 13.9. The largest absolute Gasteiger partial charge is 0.456 e. The van der Waals surface area contributed by atoms with Crippen LogP contribution in [-0.4, -0.2) is 0 Å². The van der Waals surface area contributed by atoms with Crippen molar-refractivity contribution in [2.24, 2.45) is 0 Å². The van der Waals surface area contributed by atoms with Gasteiger partial charge in [0, 0.05) is 23.9 Å². The predicted octanol–water partition coefficient (Wildman–Crippen LogP) is 5.21. The van der Waals surface area contributed by atoms with Gasteiger partial charge in [0.1, 0.15) is 17.2 Å². The number of nitrogens with one attached hydrogen (secondary N) is 1. The molecule has 0 bridgehead atoms. The van der Waals surface area contributed by atoms with E-state index in [-0.39, 0.29) is 11.2 Å². The fourth-order valence-corrected chi connectivity index (χ4v) is 2.82. The summed E-state index contributed by atoms with van der Waals surface area (Å²) < 4.78 is 18.8. The van der Waals surface area contributed by atoms with Crippen molar-refractivity contribution in [1.29, 1.82) is 0 Å². The first-order chi connectivity index (χ1) is 12.7. The highest BCUT2D eigenvalue weighted by molar-refractivity contribution is 5.82. The predicted molar refractivity (Wildman–Crippen MR) is 102 cm³/mol. The van der Waals surface area contributed by atoms with Crippen molar-refractivity contribution < 1.29 is 8.81 Å². The Morgan fingerprint density at radius 3 is 2.42 bits per heavy atom. The SMILES string of the molecule is O=c1cc(-c2ccccc2)oc2ccc(NCc3ccc(F)cc3)cc12. The minimum atomic E-state index is -0.258. The average Bonchev–Trinajstić information content (AvgIpc) is 2.68. The normalized spacial score (nSPS) is 10.8. The number of hydrogen-bond acceptors (Lipinski definition) is 3. The monoisotopic (exact) mass is 345 g/mol. The van der Waals surface area contributed by atoms with Crippen molar-refractivity contribution in [2.45, 2.75) is 6.54 Å². The Bertz CT molecular complexity index is 1100. The van der Waals surface area contributed by atoms with E-state index in [1.54, 1.807) is 24.3 Å². The smallest absolute Gasteiger partial charge is 0.193 e. The summed E-state index contributed by atoms with van der Waals surface area (Å²) >= 11 is 0. The third kappa shape index (κ3) is 3.35. The van der Waals surface area contributed by atoms with Gasteiger partial charge in [-0.2, -0.15) is 0 Å². The minimum Gasteiger partial charge on any atom is -0.456 e. The third-order valence-electron chi connectivity index (χ3n) is 4.20. The Balaban J connectivity index is 1.62. The molecular weight excluding hydrogens is 329 g/mol. The van der Waals surface area contributed by atoms with E-state index < -0.39 is 0 Å². The van der Waals surface area contributed by atoms with Gasteiger partial charge >= 0.3 is 0 Å². The standard InChI is InChI=1S/C22H16FNO2/c23-17-8-6-15(7-9-17)14-24-18-10-11-21-19(12-18)20(25)13-22(26-21)16-4-2-1-3-5-16/h1-13,24H,14H2. The fraction of sp³-hybridized carbons (Fsp3) is 0.0455. The lowest BCUT2D eigenvalue weighted by molar-refractivity contribution is 0.619. The van der Waals surface area contributed by atoms with Crippen molar-refractivity contribution in [1.82, 2.24) is 0 Å². The van der Waals surface area contributed by atoms with E-state index in [2.05, 4.69) is 5.32 Å². The van der Waals surface area contributed by atoms with Crippen LogP contribution in [0.25, 0.3) is 22.3 Å². The molecule has 0 fully saturated rings. The Morgan fingerprint density at radius 2 is 1.65 bits per heavy atom. The number of benzene rings is 3. The molecule has 4 aromatic rings. The minimum absolute atomic E-state index is 0.0875. The van der Waals surface area contributed by atoms with E-state index in [1.807, 2.05) is 36.4 Å². The lowest BCUT2D eigenvalue weighted by atomic mass is 10.1. The van der Waals surface area contributed by atoms with Crippen LogP contribution in [0.15, 0.2) is 88.1 Å². The first-order valence-corrected chi connectivity index (χ1v) is 8.31. The van der Waals surface area contributed by atoms with Crippen LogP contribution in [-0.2, 0) is 6.54 Å². The molecule has 0 amide bonds. The van der Waals surface area contributed by atoms with Crippen LogP contribution in [0.4, 0.5) is 10.1 Å². The summed E-state index contributed by atoms with van der Waals surface area (Å²) in [5.41, 5.74) is 3.09. The van der Waals surface area contributed by atoms with Gasteiger partial charge in [0.25, 0.3) is 0 Å². The van der Waals surface area contributed by atoms with E-state index in [4.69, 9.17) is 4.42 Å². The maximum Gasteiger partial charge on any atom is 0.193 e. The number of halogens is 1. The van der Waals surface area contributed by atoms with Crippen molar-refractivity contribution in [2.75, 3.05) is 5.32 Å². The molecule has 3 nitrogen and oxygen atoms in total. The average molecular weight is 345 g/mol.